The van der Waals surface area contributed by atoms with Crippen molar-refractivity contribution in [2.45, 2.75) is 65.3 Å². The number of likely N-dealkylation sites (N-methyl/N-ethyl adjacent to an activating group) is 2. The van der Waals surface area contributed by atoms with Gasteiger partial charge in [-0.1, -0.05) is 40.0 Å². The van der Waals surface area contributed by atoms with Gasteiger partial charge in [0.2, 0.25) is 0 Å². The number of hydrogen-bond acceptors (Lipinski definition) is 2. The van der Waals surface area contributed by atoms with E-state index in [1.54, 1.807) is 0 Å². The molecule has 0 aromatic heterocycles. The monoisotopic (exact) mass is 240 g/mol. The Morgan fingerprint density at radius 2 is 1.88 bits per heavy atom. The minimum atomic E-state index is 0.735. The number of rotatable bonds is 9. The molecule has 1 atom stereocenters. The van der Waals surface area contributed by atoms with Gasteiger partial charge in [-0.25, -0.2) is 0 Å². The average Bonchev–Trinajstić information content (AvgIpc) is 2.87. The Labute approximate surface area is 108 Å². The molecule has 1 unspecified atom stereocenters. The third-order valence-electron chi connectivity index (χ3n) is 4.17. The van der Waals surface area contributed by atoms with Crippen molar-refractivity contribution in [3.63, 3.8) is 0 Å². The maximum atomic E-state index is 3.72. The highest BCUT2D eigenvalue weighted by atomic mass is 15.1. The highest BCUT2D eigenvalue weighted by Crippen LogP contribution is 2.28. The number of nitrogens with one attached hydrogen (secondary N) is 1. The van der Waals surface area contributed by atoms with Crippen LogP contribution in [0.15, 0.2) is 0 Å². The smallest absolute Gasteiger partial charge is 0.0223 e. The largest absolute Gasteiger partial charge is 0.313 e. The maximum absolute atomic E-state index is 3.72. The second-order valence-electron chi connectivity index (χ2n) is 5.46. The first kappa shape index (κ1) is 15.0. The van der Waals surface area contributed by atoms with Crippen LogP contribution < -0.4 is 5.32 Å². The van der Waals surface area contributed by atoms with Gasteiger partial charge >= 0.3 is 0 Å². The molecule has 0 aliphatic heterocycles. The van der Waals surface area contributed by atoms with Crippen molar-refractivity contribution in [1.29, 1.82) is 0 Å². The van der Waals surface area contributed by atoms with Gasteiger partial charge in [-0.15, -0.1) is 0 Å². The molecule has 0 heterocycles. The van der Waals surface area contributed by atoms with Crippen molar-refractivity contribution in [3.8, 4) is 0 Å². The summed E-state index contributed by atoms with van der Waals surface area (Å²) in [6.07, 6.45) is 8.45. The Morgan fingerprint density at radius 3 is 2.41 bits per heavy atom. The van der Waals surface area contributed by atoms with Gasteiger partial charge in [-0.3, -0.25) is 0 Å². The molecule has 1 rings (SSSR count). The quantitative estimate of drug-likeness (QED) is 0.665. The van der Waals surface area contributed by atoms with Gasteiger partial charge in [0.15, 0.2) is 0 Å². The van der Waals surface area contributed by atoms with Crippen LogP contribution in [0, 0.1) is 5.92 Å². The molecule has 1 saturated carbocycles. The van der Waals surface area contributed by atoms with Crippen LogP contribution >= 0.6 is 0 Å². The van der Waals surface area contributed by atoms with E-state index in [4.69, 9.17) is 0 Å². The third-order valence-corrected chi connectivity index (χ3v) is 4.17. The second kappa shape index (κ2) is 8.93. The molecule has 0 spiro atoms. The first-order chi connectivity index (χ1) is 8.31. The molecule has 0 amide bonds. The van der Waals surface area contributed by atoms with E-state index in [0.717, 1.165) is 18.5 Å². The first-order valence-electron chi connectivity index (χ1n) is 7.77. The molecule has 0 radical (unpaired) electrons. The number of hydrogen-bond donors (Lipinski definition) is 1. The lowest BCUT2D eigenvalue weighted by Gasteiger charge is -2.30. The molecular weight excluding hydrogens is 208 g/mol. The molecule has 2 heteroatoms. The van der Waals surface area contributed by atoms with Crippen molar-refractivity contribution in [2.24, 2.45) is 5.92 Å². The van der Waals surface area contributed by atoms with Crippen LogP contribution in [-0.4, -0.2) is 37.1 Å². The Balaban J connectivity index is 2.39. The van der Waals surface area contributed by atoms with Crippen LogP contribution in [0.3, 0.4) is 0 Å². The zero-order valence-electron chi connectivity index (χ0n) is 12.2. The normalized spacial score (nSPS) is 19.1. The van der Waals surface area contributed by atoms with E-state index in [2.05, 4.69) is 31.0 Å². The lowest BCUT2D eigenvalue weighted by atomic mass is 9.97. The fourth-order valence-electron chi connectivity index (χ4n) is 3.04. The summed E-state index contributed by atoms with van der Waals surface area (Å²) in [6.45, 7) is 11.7. The Hall–Kier alpha value is -0.0800. The summed E-state index contributed by atoms with van der Waals surface area (Å²) in [4.78, 5) is 2.63. The minimum absolute atomic E-state index is 0.735. The lowest BCUT2D eigenvalue weighted by molar-refractivity contribution is 0.215. The van der Waals surface area contributed by atoms with Gasteiger partial charge in [-0.05, 0) is 44.8 Å². The van der Waals surface area contributed by atoms with Crippen LogP contribution in [0.4, 0.5) is 0 Å². The van der Waals surface area contributed by atoms with Crippen molar-refractivity contribution >= 4 is 0 Å². The van der Waals surface area contributed by atoms with Gasteiger partial charge < -0.3 is 10.2 Å². The van der Waals surface area contributed by atoms with Crippen LogP contribution in [-0.2, 0) is 0 Å². The molecule has 17 heavy (non-hydrogen) atoms. The van der Waals surface area contributed by atoms with Crippen molar-refractivity contribution in [2.75, 3.05) is 26.2 Å². The summed E-state index contributed by atoms with van der Waals surface area (Å²) in [5.41, 5.74) is 0. The predicted molar refractivity (Wildman–Crippen MR) is 76.4 cm³/mol. The van der Waals surface area contributed by atoms with Gasteiger partial charge in [-0.2, -0.15) is 0 Å². The van der Waals surface area contributed by atoms with Crippen molar-refractivity contribution < 1.29 is 0 Å². The Morgan fingerprint density at radius 1 is 1.18 bits per heavy atom. The molecular formula is C15H32N2. The van der Waals surface area contributed by atoms with Crippen LogP contribution in [0.2, 0.25) is 0 Å². The molecule has 1 N–H and O–H groups in total. The van der Waals surface area contributed by atoms with E-state index in [0.29, 0.717) is 0 Å². The molecule has 1 fully saturated rings. The van der Waals surface area contributed by atoms with Gasteiger partial charge in [0, 0.05) is 12.6 Å². The summed E-state index contributed by atoms with van der Waals surface area (Å²) in [5, 5.41) is 3.72. The second-order valence-corrected chi connectivity index (χ2v) is 5.46. The summed E-state index contributed by atoms with van der Waals surface area (Å²) in [6, 6.07) is 0.735. The molecule has 102 valence electrons. The molecule has 0 aromatic carbocycles. The summed E-state index contributed by atoms with van der Waals surface area (Å²) in [5.74, 6) is 0.936. The molecule has 2 nitrogen and oxygen atoms in total. The third kappa shape index (κ3) is 5.39. The fourth-order valence-corrected chi connectivity index (χ4v) is 3.04. The molecule has 0 aromatic rings. The van der Waals surface area contributed by atoms with Gasteiger partial charge in [0.1, 0.15) is 0 Å². The van der Waals surface area contributed by atoms with Crippen LogP contribution in [0.25, 0.3) is 0 Å². The molecule has 1 aliphatic carbocycles. The SMILES string of the molecule is CCCCN(CC)CC(NCC)C1CCCC1. The van der Waals surface area contributed by atoms with E-state index < -0.39 is 0 Å². The maximum Gasteiger partial charge on any atom is 0.0223 e. The number of unbranched alkanes of at least 4 members (excludes halogenated alkanes) is 1. The van der Waals surface area contributed by atoms with Crippen molar-refractivity contribution in [3.05, 3.63) is 0 Å². The minimum Gasteiger partial charge on any atom is -0.313 e. The lowest BCUT2D eigenvalue weighted by Crippen LogP contribution is -2.45. The first-order valence-corrected chi connectivity index (χ1v) is 7.77. The van der Waals surface area contributed by atoms with Gasteiger partial charge in [0.25, 0.3) is 0 Å². The van der Waals surface area contributed by atoms with E-state index in [9.17, 15) is 0 Å². The standard InChI is InChI=1S/C15H32N2/c1-4-7-12-17(6-3)13-15(16-5-2)14-10-8-9-11-14/h14-16H,4-13H2,1-3H3. The summed E-state index contributed by atoms with van der Waals surface area (Å²) in [7, 11) is 0. The predicted octanol–water partition coefficient (Wildman–Crippen LogP) is 3.28. The Kier molecular flexibility index (Phi) is 7.87. The number of nitrogens with zero attached hydrogens (tertiary/aromatic N) is 1. The summed E-state index contributed by atoms with van der Waals surface area (Å²) < 4.78 is 0. The summed E-state index contributed by atoms with van der Waals surface area (Å²) >= 11 is 0. The Bertz CT molecular complexity index is 176. The fraction of sp³-hybridized carbons (Fsp3) is 1.00. The van der Waals surface area contributed by atoms with Crippen LogP contribution in [0.5, 0.6) is 0 Å². The zero-order valence-corrected chi connectivity index (χ0v) is 12.2. The van der Waals surface area contributed by atoms with Crippen molar-refractivity contribution in [1.82, 2.24) is 10.2 Å². The topological polar surface area (TPSA) is 15.3 Å². The molecule has 0 bridgehead atoms. The highest BCUT2D eigenvalue weighted by Gasteiger charge is 2.25. The van der Waals surface area contributed by atoms with E-state index in [-0.39, 0.29) is 0 Å². The highest BCUT2D eigenvalue weighted by molar-refractivity contribution is 4.82. The zero-order chi connectivity index (χ0) is 12.5. The van der Waals surface area contributed by atoms with E-state index >= 15 is 0 Å². The van der Waals surface area contributed by atoms with Gasteiger partial charge in [0.05, 0.1) is 0 Å². The average molecular weight is 240 g/mol. The van der Waals surface area contributed by atoms with E-state index in [1.807, 2.05) is 0 Å². The van der Waals surface area contributed by atoms with E-state index in [1.165, 1.54) is 58.2 Å². The molecule has 0 saturated heterocycles. The van der Waals surface area contributed by atoms with Crippen LogP contribution in [0.1, 0.15) is 59.3 Å². The molecule has 1 aliphatic rings.